The molecule has 0 radical (unpaired) electrons. The molecule has 0 aliphatic carbocycles. The number of benzene rings is 2. The Bertz CT molecular complexity index is 754. The van der Waals surface area contributed by atoms with Crippen molar-refractivity contribution in [3.63, 3.8) is 0 Å². The highest BCUT2D eigenvalue weighted by Crippen LogP contribution is 2.29. The van der Waals surface area contributed by atoms with Gasteiger partial charge in [-0.25, -0.2) is 4.39 Å². The van der Waals surface area contributed by atoms with Gasteiger partial charge in [-0.3, -0.25) is 14.9 Å². The minimum atomic E-state index is -0.978. The molecule has 2 aromatic rings. The molecule has 1 N–H and O–H groups in total. The van der Waals surface area contributed by atoms with Crippen molar-refractivity contribution in [2.24, 2.45) is 0 Å². The number of carbonyl (C=O) groups is 1. The Labute approximate surface area is 136 Å². The van der Waals surface area contributed by atoms with Gasteiger partial charge in [0.1, 0.15) is 11.6 Å². The molecule has 0 aliphatic heterocycles. The summed E-state index contributed by atoms with van der Waals surface area (Å²) in [6.07, 6.45) is -0.978. The molecule has 1 amide bonds. The first-order valence-corrected chi connectivity index (χ1v) is 6.92. The van der Waals surface area contributed by atoms with Gasteiger partial charge >= 0.3 is 0 Å². The number of ether oxygens (including phenoxy) is 1. The molecular weight excluding hydrogens is 327 g/mol. The van der Waals surface area contributed by atoms with Gasteiger partial charge in [0.2, 0.25) is 0 Å². The Morgan fingerprint density at radius 2 is 2.04 bits per heavy atom. The Kier molecular flexibility index (Phi) is 5.13. The number of nitrogens with one attached hydrogen (secondary N) is 1. The highest BCUT2D eigenvalue weighted by Gasteiger charge is 2.19. The number of carbonyl (C=O) groups excluding carboxylic acids is 1. The quantitative estimate of drug-likeness (QED) is 0.664. The summed E-state index contributed by atoms with van der Waals surface area (Å²) in [7, 11) is 0. The van der Waals surface area contributed by atoms with E-state index >= 15 is 0 Å². The summed E-state index contributed by atoms with van der Waals surface area (Å²) in [5.41, 5.74) is -0.159. The fourth-order valence-corrected chi connectivity index (χ4v) is 1.96. The lowest BCUT2D eigenvalue weighted by atomic mass is 10.2. The van der Waals surface area contributed by atoms with Crippen molar-refractivity contribution >= 4 is 28.9 Å². The Hall–Kier alpha value is -2.67. The zero-order valence-corrected chi connectivity index (χ0v) is 12.7. The first-order valence-electron chi connectivity index (χ1n) is 6.54. The lowest BCUT2D eigenvalue weighted by Gasteiger charge is -2.15. The van der Waals surface area contributed by atoms with Gasteiger partial charge in [0.15, 0.2) is 6.10 Å². The molecule has 2 aromatic carbocycles. The molecule has 120 valence electrons. The summed E-state index contributed by atoms with van der Waals surface area (Å²) in [4.78, 5) is 22.0. The number of para-hydroxylation sites is 1. The second-order valence-corrected chi connectivity index (χ2v) is 5.01. The monoisotopic (exact) mass is 338 g/mol. The lowest BCUT2D eigenvalue weighted by molar-refractivity contribution is -0.384. The van der Waals surface area contributed by atoms with Crippen LogP contribution in [0.1, 0.15) is 6.92 Å². The number of rotatable bonds is 5. The maximum Gasteiger partial charge on any atom is 0.271 e. The molecule has 23 heavy (non-hydrogen) atoms. The minimum absolute atomic E-state index is 0.00439. The fraction of sp³-hybridized carbons (Fsp3) is 0.133. The molecule has 0 aliphatic rings. The summed E-state index contributed by atoms with van der Waals surface area (Å²) < 4.78 is 18.8. The van der Waals surface area contributed by atoms with E-state index in [2.05, 4.69) is 5.32 Å². The van der Waals surface area contributed by atoms with E-state index < -0.39 is 22.8 Å². The highest BCUT2D eigenvalue weighted by atomic mass is 35.5. The molecule has 0 aromatic heterocycles. The number of hydrogen-bond donors (Lipinski definition) is 1. The molecule has 6 nitrogen and oxygen atoms in total. The van der Waals surface area contributed by atoms with Crippen LogP contribution in [-0.4, -0.2) is 16.9 Å². The van der Waals surface area contributed by atoms with Gasteiger partial charge in [0.25, 0.3) is 11.6 Å². The molecular formula is C15H12ClFN2O4. The molecule has 0 unspecified atom stereocenters. The average molecular weight is 339 g/mol. The Morgan fingerprint density at radius 3 is 2.65 bits per heavy atom. The third kappa shape index (κ3) is 4.17. The average Bonchev–Trinajstić information content (AvgIpc) is 2.51. The van der Waals surface area contributed by atoms with Crippen LogP contribution >= 0.6 is 11.6 Å². The van der Waals surface area contributed by atoms with E-state index in [4.69, 9.17) is 16.3 Å². The fourth-order valence-electron chi connectivity index (χ4n) is 1.74. The first kappa shape index (κ1) is 16.7. The van der Waals surface area contributed by atoms with Crippen molar-refractivity contribution in [3.05, 3.63) is 63.4 Å². The standard InChI is InChI=1S/C15H12ClFN2O4/c1-9(15(20)18-13-5-3-2-4-12(13)17)23-14-7-6-10(19(21)22)8-11(14)16/h2-9H,1H3,(H,18,20)/t9-/m1/s1. The van der Waals surface area contributed by atoms with E-state index in [0.29, 0.717) is 0 Å². The van der Waals surface area contributed by atoms with Crippen LogP contribution in [0.15, 0.2) is 42.5 Å². The molecule has 2 rings (SSSR count). The van der Waals surface area contributed by atoms with Crippen molar-refractivity contribution in [1.29, 1.82) is 0 Å². The van der Waals surface area contributed by atoms with Crippen LogP contribution in [-0.2, 0) is 4.79 Å². The number of amides is 1. The number of nitro benzene ring substituents is 1. The number of non-ortho nitro benzene ring substituents is 1. The molecule has 0 saturated heterocycles. The maximum absolute atomic E-state index is 13.5. The smallest absolute Gasteiger partial charge is 0.271 e. The van der Waals surface area contributed by atoms with Crippen LogP contribution in [0.3, 0.4) is 0 Å². The van der Waals surface area contributed by atoms with E-state index in [1.807, 2.05) is 0 Å². The molecule has 0 fully saturated rings. The summed E-state index contributed by atoms with van der Waals surface area (Å²) >= 11 is 5.89. The van der Waals surface area contributed by atoms with Gasteiger partial charge in [0.05, 0.1) is 15.6 Å². The predicted molar refractivity (Wildman–Crippen MR) is 83.2 cm³/mol. The van der Waals surface area contributed by atoms with Crippen molar-refractivity contribution in [1.82, 2.24) is 0 Å². The van der Waals surface area contributed by atoms with Crippen LogP contribution in [0.5, 0.6) is 5.75 Å². The van der Waals surface area contributed by atoms with Gasteiger partial charge in [0, 0.05) is 12.1 Å². The number of halogens is 2. The zero-order chi connectivity index (χ0) is 17.0. The van der Waals surface area contributed by atoms with E-state index in [9.17, 15) is 19.3 Å². The molecule has 0 bridgehead atoms. The summed E-state index contributed by atoms with van der Waals surface area (Å²) in [6.45, 7) is 1.45. The van der Waals surface area contributed by atoms with Crippen LogP contribution in [0, 0.1) is 15.9 Å². The summed E-state index contributed by atoms with van der Waals surface area (Å²) in [6, 6.07) is 9.35. The Morgan fingerprint density at radius 1 is 1.35 bits per heavy atom. The minimum Gasteiger partial charge on any atom is -0.479 e. The number of nitro groups is 1. The van der Waals surface area contributed by atoms with Crippen molar-refractivity contribution < 1.29 is 18.8 Å². The Balaban J connectivity index is 2.07. The normalized spacial score (nSPS) is 11.6. The van der Waals surface area contributed by atoms with Crippen LogP contribution in [0.4, 0.5) is 15.8 Å². The number of nitrogens with zero attached hydrogens (tertiary/aromatic N) is 1. The lowest BCUT2D eigenvalue weighted by Crippen LogP contribution is -2.30. The molecule has 0 spiro atoms. The third-order valence-electron chi connectivity index (χ3n) is 2.93. The van der Waals surface area contributed by atoms with Crippen LogP contribution in [0.25, 0.3) is 0 Å². The van der Waals surface area contributed by atoms with Crippen molar-refractivity contribution in [3.8, 4) is 5.75 Å². The van der Waals surface area contributed by atoms with Gasteiger partial charge < -0.3 is 10.1 Å². The molecule has 0 heterocycles. The van der Waals surface area contributed by atoms with Gasteiger partial charge in [-0.05, 0) is 25.1 Å². The number of hydrogen-bond acceptors (Lipinski definition) is 4. The van der Waals surface area contributed by atoms with E-state index in [1.54, 1.807) is 6.07 Å². The summed E-state index contributed by atoms with van der Waals surface area (Å²) in [5, 5.41) is 13.0. The molecule has 8 heteroatoms. The van der Waals surface area contributed by atoms with E-state index in [1.165, 1.54) is 37.3 Å². The second-order valence-electron chi connectivity index (χ2n) is 4.60. The third-order valence-corrected chi connectivity index (χ3v) is 3.23. The summed E-state index contributed by atoms with van der Waals surface area (Å²) in [5.74, 6) is -1.03. The highest BCUT2D eigenvalue weighted by molar-refractivity contribution is 6.32. The SMILES string of the molecule is C[C@@H](Oc1ccc([N+](=O)[O-])cc1Cl)C(=O)Nc1ccccc1F. The van der Waals surface area contributed by atoms with Gasteiger partial charge in [-0.1, -0.05) is 23.7 Å². The van der Waals surface area contributed by atoms with Crippen molar-refractivity contribution in [2.75, 3.05) is 5.32 Å². The number of anilines is 1. The van der Waals surface area contributed by atoms with Crippen LogP contribution in [0.2, 0.25) is 5.02 Å². The second kappa shape index (κ2) is 7.06. The van der Waals surface area contributed by atoms with E-state index in [-0.39, 0.29) is 22.1 Å². The van der Waals surface area contributed by atoms with Gasteiger partial charge in [-0.2, -0.15) is 0 Å². The first-order chi connectivity index (χ1) is 10.9. The van der Waals surface area contributed by atoms with Crippen molar-refractivity contribution in [2.45, 2.75) is 13.0 Å². The topological polar surface area (TPSA) is 81.5 Å². The molecule has 1 atom stereocenters. The predicted octanol–water partition coefficient (Wildman–Crippen LogP) is 3.79. The molecule has 0 saturated carbocycles. The van der Waals surface area contributed by atoms with Crippen LogP contribution < -0.4 is 10.1 Å². The van der Waals surface area contributed by atoms with E-state index in [0.717, 1.165) is 6.07 Å². The van der Waals surface area contributed by atoms with Gasteiger partial charge in [-0.15, -0.1) is 0 Å². The maximum atomic E-state index is 13.5. The largest absolute Gasteiger partial charge is 0.479 e. The zero-order valence-electron chi connectivity index (χ0n) is 12.0.